The summed E-state index contributed by atoms with van der Waals surface area (Å²) in [6, 6.07) is 13.3. The molecule has 1 atom stereocenters. The first kappa shape index (κ1) is 22.8. The van der Waals surface area contributed by atoms with E-state index in [1.165, 1.54) is 0 Å². The van der Waals surface area contributed by atoms with Gasteiger partial charge in [-0.15, -0.1) is 0 Å². The van der Waals surface area contributed by atoms with Gasteiger partial charge in [0.25, 0.3) is 0 Å². The van der Waals surface area contributed by atoms with Gasteiger partial charge in [-0.3, -0.25) is 0 Å². The number of hydrogen-bond acceptors (Lipinski definition) is 7. The van der Waals surface area contributed by atoms with Gasteiger partial charge in [-0.2, -0.15) is 0 Å². The fourth-order valence-electron chi connectivity index (χ4n) is 4.17. The predicted molar refractivity (Wildman–Crippen MR) is 128 cm³/mol. The highest BCUT2D eigenvalue weighted by Crippen LogP contribution is 2.33. The Bertz CT molecular complexity index is 1120. The monoisotopic (exact) mass is 450 g/mol. The summed E-state index contributed by atoms with van der Waals surface area (Å²) in [6.07, 6.45) is 1.59. The fourth-order valence-corrected chi connectivity index (χ4v) is 4.17. The van der Waals surface area contributed by atoms with Crippen LogP contribution in [0.4, 0.5) is 10.6 Å². The third kappa shape index (κ3) is 5.51. The molecule has 2 aromatic carbocycles. The molecular formula is C25H30N4O4. The number of aryl methyl sites for hydroxylation is 1. The lowest BCUT2D eigenvalue weighted by Gasteiger charge is -2.34. The number of ether oxygens (including phenoxy) is 2. The molecule has 0 saturated carbocycles. The van der Waals surface area contributed by atoms with Gasteiger partial charge in [0, 0.05) is 32.1 Å². The van der Waals surface area contributed by atoms with Crippen molar-refractivity contribution in [3.8, 4) is 17.1 Å². The molecule has 1 aliphatic rings. The van der Waals surface area contributed by atoms with Crippen LogP contribution in [-0.4, -0.2) is 61.1 Å². The van der Waals surface area contributed by atoms with Crippen LogP contribution in [0.25, 0.3) is 22.3 Å². The van der Waals surface area contributed by atoms with E-state index in [0.717, 1.165) is 48.2 Å². The van der Waals surface area contributed by atoms with Gasteiger partial charge in [-0.05, 0) is 55.5 Å². The molecule has 174 valence electrons. The van der Waals surface area contributed by atoms with Gasteiger partial charge in [0.2, 0.25) is 0 Å². The molecule has 1 aromatic heterocycles. The molecule has 0 aliphatic carbocycles. The highest BCUT2D eigenvalue weighted by Gasteiger charge is 2.24. The summed E-state index contributed by atoms with van der Waals surface area (Å²) in [5.74, 6) is 1.79. The van der Waals surface area contributed by atoms with Crippen LogP contribution in [0.3, 0.4) is 0 Å². The number of phenols is 1. The van der Waals surface area contributed by atoms with E-state index in [1.807, 2.05) is 25.1 Å². The Labute approximate surface area is 193 Å². The number of fused-ring (bicyclic) bond motifs is 1. The van der Waals surface area contributed by atoms with Crippen LogP contribution >= 0.6 is 0 Å². The molecule has 3 aromatic rings. The van der Waals surface area contributed by atoms with E-state index < -0.39 is 6.09 Å². The maximum atomic E-state index is 11.9. The summed E-state index contributed by atoms with van der Waals surface area (Å²) in [6.45, 7) is 4.82. The number of rotatable bonds is 7. The van der Waals surface area contributed by atoms with Gasteiger partial charge in [0.05, 0.1) is 17.7 Å². The van der Waals surface area contributed by atoms with Crippen LogP contribution in [-0.2, 0) is 9.47 Å². The van der Waals surface area contributed by atoms with E-state index in [-0.39, 0.29) is 18.3 Å². The zero-order chi connectivity index (χ0) is 23.2. The number of amides is 1. The number of benzene rings is 2. The van der Waals surface area contributed by atoms with E-state index in [9.17, 15) is 9.90 Å². The van der Waals surface area contributed by atoms with Crippen molar-refractivity contribution in [3.05, 3.63) is 48.0 Å². The number of methoxy groups -OCH3 is 1. The van der Waals surface area contributed by atoms with E-state index in [2.05, 4.69) is 22.3 Å². The quantitative estimate of drug-likeness (QED) is 0.527. The first-order valence-corrected chi connectivity index (χ1v) is 11.3. The first-order chi connectivity index (χ1) is 16.0. The Kier molecular flexibility index (Phi) is 7.24. The molecule has 1 saturated heterocycles. The predicted octanol–water partition coefficient (Wildman–Crippen LogP) is 3.90. The van der Waals surface area contributed by atoms with Gasteiger partial charge in [-0.1, -0.05) is 18.2 Å². The smallest absolute Gasteiger partial charge is 0.407 e. The summed E-state index contributed by atoms with van der Waals surface area (Å²) < 4.78 is 10.00. The highest BCUT2D eigenvalue weighted by atomic mass is 16.6. The maximum Gasteiger partial charge on any atom is 0.407 e. The number of piperidine rings is 1. The number of aromatic hydroxyl groups is 1. The number of phenolic OH excluding ortho intramolecular Hbond substituents is 1. The van der Waals surface area contributed by atoms with Crippen molar-refractivity contribution < 1.29 is 19.4 Å². The Balaban J connectivity index is 1.57. The normalized spacial score (nSPS) is 16.1. The number of nitrogens with zero attached hydrogens (tertiary/aromatic N) is 3. The summed E-state index contributed by atoms with van der Waals surface area (Å²) in [7, 11) is 1.57. The van der Waals surface area contributed by atoms with Crippen LogP contribution in [0.2, 0.25) is 0 Å². The largest absolute Gasteiger partial charge is 0.507 e. The van der Waals surface area contributed by atoms with Gasteiger partial charge < -0.3 is 24.8 Å². The molecule has 1 aliphatic heterocycles. The minimum atomic E-state index is -0.422. The Hall–Kier alpha value is -3.39. The third-order valence-corrected chi connectivity index (χ3v) is 5.85. The van der Waals surface area contributed by atoms with Gasteiger partial charge in [0.1, 0.15) is 18.2 Å². The maximum absolute atomic E-state index is 11.9. The number of aromatic nitrogens is 2. The lowest BCUT2D eigenvalue weighted by molar-refractivity contribution is 0.0976. The molecule has 4 rings (SSSR count). The lowest BCUT2D eigenvalue weighted by Crippen LogP contribution is -2.41. The molecular weight excluding hydrogens is 420 g/mol. The minimum Gasteiger partial charge on any atom is -0.507 e. The third-order valence-electron chi connectivity index (χ3n) is 5.85. The van der Waals surface area contributed by atoms with Crippen molar-refractivity contribution in [2.24, 2.45) is 5.92 Å². The molecule has 2 N–H and O–H groups in total. The lowest BCUT2D eigenvalue weighted by atomic mass is 9.97. The molecule has 8 nitrogen and oxygen atoms in total. The van der Waals surface area contributed by atoms with Crippen LogP contribution in [0.15, 0.2) is 42.5 Å². The first-order valence-electron chi connectivity index (χ1n) is 11.3. The Morgan fingerprint density at radius 3 is 2.88 bits per heavy atom. The molecule has 1 amide bonds. The summed E-state index contributed by atoms with van der Waals surface area (Å²) >= 11 is 0. The number of nitrogens with one attached hydrogen (secondary N) is 1. The average molecular weight is 451 g/mol. The van der Waals surface area contributed by atoms with E-state index in [4.69, 9.17) is 19.4 Å². The topological polar surface area (TPSA) is 96.8 Å². The molecule has 0 bridgehead atoms. The molecule has 0 radical (unpaired) electrons. The molecule has 1 unspecified atom stereocenters. The zero-order valence-corrected chi connectivity index (χ0v) is 19.1. The molecule has 8 heteroatoms. The molecule has 1 fully saturated rings. The van der Waals surface area contributed by atoms with E-state index >= 15 is 0 Å². The molecule has 0 spiro atoms. The van der Waals surface area contributed by atoms with Crippen molar-refractivity contribution >= 4 is 22.8 Å². The number of hydrogen-bond donors (Lipinski definition) is 2. The second-order valence-electron chi connectivity index (χ2n) is 8.37. The van der Waals surface area contributed by atoms with Gasteiger partial charge in [0.15, 0.2) is 5.82 Å². The van der Waals surface area contributed by atoms with E-state index in [1.54, 1.807) is 19.2 Å². The number of para-hydroxylation sites is 1. The SMILES string of the molecule is COCCOC(=O)NCC1CCCN(c2nc(-c3ccccc3O)nc3cc(C)ccc23)C1. The van der Waals surface area contributed by atoms with Gasteiger partial charge in [-0.25, -0.2) is 14.8 Å². The average Bonchev–Trinajstić information content (AvgIpc) is 2.82. The number of alkyl carbamates (subject to hydrolysis) is 1. The second kappa shape index (κ2) is 10.5. The van der Waals surface area contributed by atoms with E-state index in [0.29, 0.717) is 24.5 Å². The minimum absolute atomic E-state index is 0.156. The second-order valence-corrected chi connectivity index (χ2v) is 8.37. The van der Waals surface area contributed by atoms with Crippen LogP contribution in [0, 0.1) is 12.8 Å². The van der Waals surface area contributed by atoms with Crippen molar-refractivity contribution in [1.82, 2.24) is 15.3 Å². The van der Waals surface area contributed by atoms with Crippen molar-refractivity contribution in [2.75, 3.05) is 44.9 Å². The summed E-state index contributed by atoms with van der Waals surface area (Å²) in [4.78, 5) is 23.8. The standard InChI is InChI=1S/C25H30N4O4/c1-17-9-10-19-21(14-17)27-23(20-7-3-4-8-22(20)30)28-24(19)29-11-5-6-18(16-29)15-26-25(31)33-13-12-32-2/h3-4,7-10,14,18,30H,5-6,11-13,15-16H2,1-2H3,(H,26,31). The number of anilines is 1. The number of carbonyl (C=O) groups is 1. The highest BCUT2D eigenvalue weighted by molar-refractivity contribution is 5.92. The summed E-state index contributed by atoms with van der Waals surface area (Å²) in [5.41, 5.74) is 2.57. The van der Waals surface area contributed by atoms with Crippen LogP contribution < -0.4 is 10.2 Å². The Morgan fingerprint density at radius 1 is 1.21 bits per heavy atom. The van der Waals surface area contributed by atoms with Crippen LogP contribution in [0.1, 0.15) is 18.4 Å². The number of carbonyl (C=O) groups excluding carboxylic acids is 1. The zero-order valence-electron chi connectivity index (χ0n) is 19.1. The fraction of sp³-hybridized carbons (Fsp3) is 0.400. The van der Waals surface area contributed by atoms with Crippen molar-refractivity contribution in [3.63, 3.8) is 0 Å². The van der Waals surface area contributed by atoms with Crippen molar-refractivity contribution in [2.45, 2.75) is 19.8 Å². The summed E-state index contributed by atoms with van der Waals surface area (Å²) in [5, 5.41) is 14.2. The van der Waals surface area contributed by atoms with Gasteiger partial charge >= 0.3 is 6.09 Å². The Morgan fingerprint density at radius 2 is 2.06 bits per heavy atom. The van der Waals surface area contributed by atoms with Crippen LogP contribution in [0.5, 0.6) is 5.75 Å². The molecule has 33 heavy (non-hydrogen) atoms. The molecule has 2 heterocycles. The van der Waals surface area contributed by atoms with Crippen molar-refractivity contribution in [1.29, 1.82) is 0 Å².